The Hall–Kier alpha value is -4.89. The van der Waals surface area contributed by atoms with Crippen LogP contribution < -0.4 is 10.3 Å². The molecular formula is C33H27FN4O3S. The zero-order valence-electron chi connectivity index (χ0n) is 23.1. The number of thiophene rings is 1. The number of hydrogen-bond donors (Lipinski definition) is 0. The SMILES string of the molecule is Cc1nc(-c2csc(-c3c(C)nc(-c4cccc(F)c4OCc4ccccc4)n(CCc4ccccc4)c3=O)c2)no1. The molecule has 0 spiro atoms. The van der Waals surface area contributed by atoms with Crippen molar-refractivity contribution in [3.05, 3.63) is 129 Å². The number of hydrogen-bond acceptors (Lipinski definition) is 7. The number of halogens is 1. The average Bonchev–Trinajstić information content (AvgIpc) is 3.66. The Morgan fingerprint density at radius 1 is 0.929 bits per heavy atom. The van der Waals surface area contributed by atoms with Crippen molar-refractivity contribution in [2.45, 2.75) is 33.4 Å². The van der Waals surface area contributed by atoms with Gasteiger partial charge in [-0.2, -0.15) is 4.98 Å². The molecule has 0 aliphatic heterocycles. The molecule has 3 aromatic carbocycles. The Morgan fingerprint density at radius 2 is 1.67 bits per heavy atom. The van der Waals surface area contributed by atoms with Crippen molar-refractivity contribution in [1.82, 2.24) is 19.7 Å². The Bertz CT molecular complexity index is 1900. The maximum atomic E-state index is 15.3. The lowest BCUT2D eigenvalue weighted by molar-refractivity contribution is 0.291. The summed E-state index contributed by atoms with van der Waals surface area (Å²) in [4.78, 5) is 24.2. The van der Waals surface area contributed by atoms with E-state index in [1.165, 1.54) is 17.4 Å². The molecule has 9 heteroatoms. The summed E-state index contributed by atoms with van der Waals surface area (Å²) in [7, 11) is 0. The zero-order chi connectivity index (χ0) is 29.1. The van der Waals surface area contributed by atoms with Crippen molar-refractivity contribution in [1.29, 1.82) is 0 Å². The molecule has 0 aliphatic carbocycles. The molecule has 0 saturated heterocycles. The number of benzene rings is 3. The molecule has 210 valence electrons. The molecule has 0 N–H and O–H groups in total. The van der Waals surface area contributed by atoms with Gasteiger partial charge < -0.3 is 9.26 Å². The maximum Gasteiger partial charge on any atom is 0.262 e. The standard InChI is InChI=1S/C33H27FN4O3S/c1-21-29(28-18-25(20-42-28)31-36-22(2)41-37-31)33(39)38(17-16-23-10-5-3-6-11-23)32(35-21)26-14-9-15-27(34)30(26)40-19-24-12-7-4-8-13-24/h3-15,18,20H,16-17,19H2,1-2H3. The Balaban J connectivity index is 1.46. The predicted molar refractivity (Wildman–Crippen MR) is 161 cm³/mol. The number of rotatable bonds is 9. The molecule has 0 bridgehead atoms. The normalized spacial score (nSPS) is 11.1. The van der Waals surface area contributed by atoms with E-state index in [4.69, 9.17) is 14.2 Å². The number of ether oxygens (including phenoxy) is 1. The number of para-hydroxylation sites is 1. The van der Waals surface area contributed by atoms with E-state index >= 15 is 4.39 Å². The van der Waals surface area contributed by atoms with Crippen LogP contribution in [0.25, 0.3) is 33.2 Å². The highest BCUT2D eigenvalue weighted by molar-refractivity contribution is 7.14. The third-order valence-electron chi connectivity index (χ3n) is 6.88. The lowest BCUT2D eigenvalue weighted by Crippen LogP contribution is -2.27. The lowest BCUT2D eigenvalue weighted by atomic mass is 10.1. The Kier molecular flexibility index (Phi) is 7.74. The van der Waals surface area contributed by atoms with E-state index in [0.29, 0.717) is 47.3 Å². The third kappa shape index (κ3) is 5.64. The van der Waals surface area contributed by atoms with Gasteiger partial charge in [-0.25, -0.2) is 9.37 Å². The molecular weight excluding hydrogens is 551 g/mol. The summed E-state index contributed by atoms with van der Waals surface area (Å²) in [5, 5.41) is 5.89. The summed E-state index contributed by atoms with van der Waals surface area (Å²) in [6.45, 7) is 4.04. The molecule has 0 amide bonds. The number of aryl methyl sites for hydroxylation is 3. The minimum absolute atomic E-state index is 0.0553. The molecule has 0 fully saturated rings. The quantitative estimate of drug-likeness (QED) is 0.180. The smallest absolute Gasteiger partial charge is 0.262 e. The highest BCUT2D eigenvalue weighted by atomic mass is 32.1. The van der Waals surface area contributed by atoms with Crippen LogP contribution in [-0.2, 0) is 19.6 Å². The summed E-state index contributed by atoms with van der Waals surface area (Å²) in [5.74, 6) is 0.808. The van der Waals surface area contributed by atoms with Crippen LogP contribution in [0.4, 0.5) is 4.39 Å². The molecule has 0 radical (unpaired) electrons. The summed E-state index contributed by atoms with van der Waals surface area (Å²) in [6, 6.07) is 26.0. The predicted octanol–water partition coefficient (Wildman–Crippen LogP) is 7.27. The molecule has 3 aromatic heterocycles. The van der Waals surface area contributed by atoms with E-state index in [9.17, 15) is 4.79 Å². The number of aromatic nitrogens is 4. The molecule has 6 aromatic rings. The summed E-state index contributed by atoms with van der Waals surface area (Å²) in [6.07, 6.45) is 0.589. The molecule has 7 nitrogen and oxygen atoms in total. The van der Waals surface area contributed by atoms with Crippen LogP contribution in [0.15, 0.2) is 99.6 Å². The monoisotopic (exact) mass is 578 g/mol. The third-order valence-corrected chi connectivity index (χ3v) is 7.83. The topological polar surface area (TPSA) is 83.0 Å². The van der Waals surface area contributed by atoms with Gasteiger partial charge >= 0.3 is 0 Å². The van der Waals surface area contributed by atoms with Gasteiger partial charge in [0.05, 0.1) is 16.8 Å². The summed E-state index contributed by atoms with van der Waals surface area (Å²) >= 11 is 1.41. The van der Waals surface area contributed by atoms with E-state index < -0.39 is 5.82 Å². The number of nitrogens with zero attached hydrogens (tertiary/aromatic N) is 4. The highest BCUT2D eigenvalue weighted by Crippen LogP contribution is 2.35. The van der Waals surface area contributed by atoms with Gasteiger partial charge in [0.1, 0.15) is 12.4 Å². The molecule has 0 saturated carbocycles. The van der Waals surface area contributed by atoms with Gasteiger partial charge in [-0.15, -0.1) is 11.3 Å². The van der Waals surface area contributed by atoms with Crippen LogP contribution in [0.5, 0.6) is 5.75 Å². The molecule has 0 atom stereocenters. The van der Waals surface area contributed by atoms with Crippen LogP contribution in [0.1, 0.15) is 22.7 Å². The largest absolute Gasteiger partial charge is 0.485 e. The fraction of sp³-hybridized carbons (Fsp3) is 0.152. The minimum atomic E-state index is -0.521. The van der Waals surface area contributed by atoms with Crippen molar-refractivity contribution in [3.63, 3.8) is 0 Å². The second-order valence-electron chi connectivity index (χ2n) is 9.82. The van der Waals surface area contributed by atoms with Crippen molar-refractivity contribution in [2.24, 2.45) is 0 Å². The van der Waals surface area contributed by atoms with Gasteiger partial charge in [0.25, 0.3) is 5.56 Å². The fourth-order valence-electron chi connectivity index (χ4n) is 4.81. The lowest BCUT2D eigenvalue weighted by Gasteiger charge is -2.18. The van der Waals surface area contributed by atoms with Crippen LogP contribution in [0.3, 0.4) is 0 Å². The van der Waals surface area contributed by atoms with Gasteiger partial charge in [-0.05, 0) is 42.7 Å². The van der Waals surface area contributed by atoms with Crippen LogP contribution in [0.2, 0.25) is 0 Å². The average molecular weight is 579 g/mol. The van der Waals surface area contributed by atoms with Gasteiger partial charge in [0.15, 0.2) is 11.6 Å². The van der Waals surface area contributed by atoms with Gasteiger partial charge in [0.2, 0.25) is 11.7 Å². The summed E-state index contributed by atoms with van der Waals surface area (Å²) < 4.78 is 28.1. The maximum absolute atomic E-state index is 15.3. The molecule has 0 aliphatic rings. The minimum Gasteiger partial charge on any atom is -0.485 e. The van der Waals surface area contributed by atoms with Crippen LogP contribution >= 0.6 is 11.3 Å². The van der Waals surface area contributed by atoms with Crippen LogP contribution in [-0.4, -0.2) is 19.7 Å². The van der Waals surface area contributed by atoms with E-state index in [2.05, 4.69) is 10.1 Å². The van der Waals surface area contributed by atoms with E-state index in [1.807, 2.05) is 72.1 Å². The van der Waals surface area contributed by atoms with Crippen molar-refractivity contribution in [2.75, 3.05) is 0 Å². The fourth-order valence-corrected chi connectivity index (χ4v) is 5.78. The highest BCUT2D eigenvalue weighted by Gasteiger charge is 2.23. The van der Waals surface area contributed by atoms with Crippen molar-refractivity contribution < 1.29 is 13.7 Å². The zero-order valence-corrected chi connectivity index (χ0v) is 23.9. The van der Waals surface area contributed by atoms with E-state index in [1.54, 1.807) is 30.5 Å². The Morgan fingerprint density at radius 3 is 2.38 bits per heavy atom. The van der Waals surface area contributed by atoms with Crippen molar-refractivity contribution in [3.8, 4) is 39.0 Å². The molecule has 42 heavy (non-hydrogen) atoms. The second-order valence-corrected chi connectivity index (χ2v) is 10.7. The van der Waals surface area contributed by atoms with Gasteiger partial charge in [-0.3, -0.25) is 9.36 Å². The molecule has 3 heterocycles. The first-order valence-electron chi connectivity index (χ1n) is 13.5. The second kappa shape index (κ2) is 11.9. The molecule has 6 rings (SSSR count). The van der Waals surface area contributed by atoms with Crippen LogP contribution in [0, 0.1) is 19.7 Å². The first kappa shape index (κ1) is 27.3. The van der Waals surface area contributed by atoms with E-state index in [-0.39, 0.29) is 17.9 Å². The summed E-state index contributed by atoms with van der Waals surface area (Å²) in [5.41, 5.74) is 3.94. The Labute approximate surface area is 245 Å². The van der Waals surface area contributed by atoms with Crippen molar-refractivity contribution >= 4 is 11.3 Å². The molecule has 0 unspecified atom stereocenters. The first-order valence-corrected chi connectivity index (χ1v) is 14.4. The first-order chi connectivity index (χ1) is 20.5. The van der Waals surface area contributed by atoms with E-state index in [0.717, 1.165) is 21.6 Å². The van der Waals surface area contributed by atoms with Gasteiger partial charge in [0, 0.05) is 29.3 Å². The van der Waals surface area contributed by atoms with Gasteiger partial charge in [-0.1, -0.05) is 71.9 Å².